The lowest BCUT2D eigenvalue weighted by Crippen LogP contribution is -2.40. The van der Waals surface area contributed by atoms with Gasteiger partial charge in [0.25, 0.3) is 0 Å². The molecule has 0 radical (unpaired) electrons. The number of carbonyl (C=O) groups is 1. The minimum atomic E-state index is -0.297. The summed E-state index contributed by atoms with van der Waals surface area (Å²) in [7, 11) is 0. The van der Waals surface area contributed by atoms with Crippen molar-refractivity contribution in [2.75, 3.05) is 18.4 Å². The van der Waals surface area contributed by atoms with Crippen LogP contribution in [0.15, 0.2) is 6.33 Å². The van der Waals surface area contributed by atoms with Crippen LogP contribution in [0.2, 0.25) is 5.15 Å². The number of carbonyl (C=O) groups excluding carboxylic acids is 1. The molecule has 1 amide bonds. The van der Waals surface area contributed by atoms with Crippen LogP contribution in [-0.4, -0.2) is 39.9 Å². The molecule has 19 heavy (non-hydrogen) atoms. The first kappa shape index (κ1) is 14.1. The van der Waals surface area contributed by atoms with Crippen LogP contribution in [0.25, 0.3) is 0 Å². The third-order valence-corrected chi connectivity index (χ3v) is 3.71. The van der Waals surface area contributed by atoms with Crippen molar-refractivity contribution < 1.29 is 4.79 Å². The van der Waals surface area contributed by atoms with Gasteiger partial charge in [-0.2, -0.15) is 0 Å². The number of amides is 1. The zero-order chi connectivity index (χ0) is 13.8. The number of nitrogens with one attached hydrogen (secondary N) is 1. The lowest BCUT2D eigenvalue weighted by molar-refractivity contribution is -0.130. The SMILES string of the molecule is CCc1c(Cl)ncnc1NC(C)C(=O)N1CCCC1. The van der Waals surface area contributed by atoms with Crippen molar-refractivity contribution in [1.82, 2.24) is 14.9 Å². The van der Waals surface area contributed by atoms with Crippen LogP contribution in [0.4, 0.5) is 5.82 Å². The topological polar surface area (TPSA) is 58.1 Å². The molecular formula is C13H19ClN4O. The van der Waals surface area contributed by atoms with Gasteiger partial charge in [0.05, 0.1) is 0 Å². The van der Waals surface area contributed by atoms with Gasteiger partial charge in [-0.3, -0.25) is 4.79 Å². The molecule has 1 unspecified atom stereocenters. The van der Waals surface area contributed by atoms with Gasteiger partial charge in [-0.1, -0.05) is 18.5 Å². The van der Waals surface area contributed by atoms with Gasteiger partial charge in [0.15, 0.2) is 0 Å². The monoisotopic (exact) mass is 282 g/mol. The molecule has 2 heterocycles. The minimum absolute atomic E-state index is 0.120. The van der Waals surface area contributed by atoms with Crippen LogP contribution in [0, 0.1) is 0 Å². The molecule has 1 aromatic heterocycles. The van der Waals surface area contributed by atoms with E-state index in [2.05, 4.69) is 15.3 Å². The van der Waals surface area contributed by atoms with E-state index in [4.69, 9.17) is 11.6 Å². The number of nitrogens with zero attached hydrogens (tertiary/aromatic N) is 3. The highest BCUT2D eigenvalue weighted by atomic mass is 35.5. The van der Waals surface area contributed by atoms with E-state index in [9.17, 15) is 4.79 Å². The Labute approximate surface area is 118 Å². The average Bonchev–Trinajstić information content (AvgIpc) is 2.92. The number of halogens is 1. The van der Waals surface area contributed by atoms with Gasteiger partial charge in [-0.05, 0) is 26.2 Å². The highest BCUT2D eigenvalue weighted by molar-refractivity contribution is 6.30. The lowest BCUT2D eigenvalue weighted by Gasteiger charge is -2.22. The van der Waals surface area contributed by atoms with Crippen LogP contribution in [0.3, 0.4) is 0 Å². The molecule has 1 atom stereocenters. The molecule has 6 heteroatoms. The summed E-state index contributed by atoms with van der Waals surface area (Å²) < 4.78 is 0. The Morgan fingerprint density at radius 2 is 2.16 bits per heavy atom. The van der Waals surface area contributed by atoms with E-state index in [0.29, 0.717) is 11.0 Å². The zero-order valence-corrected chi connectivity index (χ0v) is 12.1. The molecule has 1 fully saturated rings. The van der Waals surface area contributed by atoms with Gasteiger partial charge >= 0.3 is 0 Å². The van der Waals surface area contributed by atoms with E-state index in [1.165, 1.54) is 6.33 Å². The van der Waals surface area contributed by atoms with E-state index in [-0.39, 0.29) is 11.9 Å². The maximum Gasteiger partial charge on any atom is 0.244 e. The third-order valence-electron chi connectivity index (χ3n) is 3.39. The van der Waals surface area contributed by atoms with E-state index >= 15 is 0 Å². The second-order valence-corrected chi connectivity index (χ2v) is 5.10. The van der Waals surface area contributed by atoms with Crippen molar-refractivity contribution >= 4 is 23.3 Å². The third kappa shape index (κ3) is 3.15. The van der Waals surface area contributed by atoms with Crippen molar-refractivity contribution in [3.8, 4) is 0 Å². The first-order valence-electron chi connectivity index (χ1n) is 6.68. The fourth-order valence-corrected chi connectivity index (χ4v) is 2.57. The lowest BCUT2D eigenvalue weighted by atomic mass is 10.2. The second kappa shape index (κ2) is 6.19. The van der Waals surface area contributed by atoms with Gasteiger partial charge in [0.2, 0.25) is 5.91 Å². The van der Waals surface area contributed by atoms with Gasteiger partial charge in [-0.15, -0.1) is 0 Å². The Kier molecular flexibility index (Phi) is 4.58. The summed E-state index contributed by atoms with van der Waals surface area (Å²) in [6, 6.07) is -0.297. The maximum atomic E-state index is 12.2. The molecule has 1 aliphatic heterocycles. The highest BCUT2D eigenvalue weighted by Gasteiger charge is 2.24. The van der Waals surface area contributed by atoms with Crippen LogP contribution in [0.1, 0.15) is 32.3 Å². The zero-order valence-electron chi connectivity index (χ0n) is 11.3. The van der Waals surface area contributed by atoms with E-state index in [1.54, 1.807) is 0 Å². The number of hydrogen-bond acceptors (Lipinski definition) is 4. The molecule has 2 rings (SSSR count). The number of hydrogen-bond donors (Lipinski definition) is 1. The van der Waals surface area contributed by atoms with E-state index in [1.807, 2.05) is 18.7 Å². The van der Waals surface area contributed by atoms with Crippen molar-refractivity contribution in [2.24, 2.45) is 0 Å². The van der Waals surface area contributed by atoms with Crippen molar-refractivity contribution in [3.63, 3.8) is 0 Å². The summed E-state index contributed by atoms with van der Waals surface area (Å²) in [5.41, 5.74) is 0.852. The van der Waals surface area contributed by atoms with Crippen LogP contribution < -0.4 is 5.32 Å². The van der Waals surface area contributed by atoms with Crippen molar-refractivity contribution in [2.45, 2.75) is 39.2 Å². The summed E-state index contributed by atoms with van der Waals surface area (Å²) in [6.07, 6.45) is 4.33. The summed E-state index contributed by atoms with van der Waals surface area (Å²) in [5, 5.41) is 3.60. The molecule has 1 aromatic rings. The van der Waals surface area contributed by atoms with E-state index < -0.39 is 0 Å². The van der Waals surface area contributed by atoms with E-state index in [0.717, 1.165) is 37.9 Å². The Balaban J connectivity index is 2.08. The predicted molar refractivity (Wildman–Crippen MR) is 75.3 cm³/mol. The summed E-state index contributed by atoms with van der Waals surface area (Å²) in [6.45, 7) is 5.56. The second-order valence-electron chi connectivity index (χ2n) is 4.74. The molecule has 5 nitrogen and oxygen atoms in total. The van der Waals surface area contributed by atoms with Gasteiger partial charge in [-0.25, -0.2) is 9.97 Å². The standard InChI is InChI=1S/C13H19ClN4O/c1-3-10-11(14)15-8-16-12(10)17-9(2)13(19)18-6-4-5-7-18/h8-9H,3-7H2,1-2H3,(H,15,16,17). The highest BCUT2D eigenvalue weighted by Crippen LogP contribution is 2.21. The number of rotatable bonds is 4. The van der Waals surface area contributed by atoms with Crippen LogP contribution >= 0.6 is 11.6 Å². The predicted octanol–water partition coefficient (Wildman–Crippen LogP) is 2.12. The number of aromatic nitrogens is 2. The Morgan fingerprint density at radius 1 is 1.47 bits per heavy atom. The Morgan fingerprint density at radius 3 is 2.79 bits per heavy atom. The summed E-state index contributed by atoms with van der Waals surface area (Å²) >= 11 is 6.03. The maximum absolute atomic E-state index is 12.2. The van der Waals surface area contributed by atoms with Crippen molar-refractivity contribution in [1.29, 1.82) is 0 Å². The molecule has 0 aliphatic carbocycles. The Bertz CT molecular complexity index is 460. The fourth-order valence-electron chi connectivity index (χ4n) is 2.31. The van der Waals surface area contributed by atoms with Crippen LogP contribution in [-0.2, 0) is 11.2 Å². The largest absolute Gasteiger partial charge is 0.358 e. The molecule has 0 bridgehead atoms. The first-order valence-corrected chi connectivity index (χ1v) is 7.06. The molecule has 104 valence electrons. The molecule has 0 aromatic carbocycles. The molecular weight excluding hydrogens is 264 g/mol. The molecule has 0 saturated carbocycles. The fraction of sp³-hybridized carbons (Fsp3) is 0.615. The molecule has 1 aliphatic rings. The van der Waals surface area contributed by atoms with Crippen molar-refractivity contribution in [3.05, 3.63) is 17.0 Å². The molecule has 1 N–H and O–H groups in total. The quantitative estimate of drug-likeness (QED) is 0.860. The van der Waals surface area contributed by atoms with Gasteiger partial charge in [0.1, 0.15) is 23.3 Å². The number of anilines is 1. The average molecular weight is 283 g/mol. The smallest absolute Gasteiger partial charge is 0.244 e. The number of likely N-dealkylation sites (tertiary alicyclic amines) is 1. The van der Waals surface area contributed by atoms with Gasteiger partial charge < -0.3 is 10.2 Å². The van der Waals surface area contributed by atoms with Crippen LogP contribution in [0.5, 0.6) is 0 Å². The molecule has 1 saturated heterocycles. The normalized spacial score (nSPS) is 16.5. The Hall–Kier alpha value is -1.36. The summed E-state index contributed by atoms with van der Waals surface area (Å²) in [4.78, 5) is 22.3. The minimum Gasteiger partial charge on any atom is -0.358 e. The first-order chi connectivity index (χ1) is 9.13. The van der Waals surface area contributed by atoms with Gasteiger partial charge in [0, 0.05) is 18.7 Å². The molecule has 0 spiro atoms. The summed E-state index contributed by atoms with van der Waals surface area (Å²) in [5.74, 6) is 0.775.